The summed E-state index contributed by atoms with van der Waals surface area (Å²) in [4.78, 5) is 2.42. The molecule has 0 bridgehead atoms. The molecule has 0 saturated heterocycles. The van der Waals surface area contributed by atoms with Crippen LogP contribution in [0.15, 0.2) is 249 Å². The molecule has 12 aromatic rings. The van der Waals surface area contributed by atoms with Crippen LogP contribution in [0.2, 0.25) is 0 Å². The van der Waals surface area contributed by atoms with Crippen molar-refractivity contribution in [3.05, 3.63) is 255 Å². The molecule has 0 aliphatic rings. The highest BCUT2D eigenvalue weighted by Gasteiger charge is 2.41. The molecule has 0 amide bonds. The average Bonchev–Trinajstić information content (AvgIpc) is 3.71. The Bertz CT molecular complexity index is 3480. The van der Waals surface area contributed by atoms with Gasteiger partial charge in [0, 0.05) is 32.9 Å². The molecule has 64 heavy (non-hydrogen) atoms. The summed E-state index contributed by atoms with van der Waals surface area (Å²) in [6.07, 6.45) is 0. The summed E-state index contributed by atoms with van der Waals surface area (Å²) in [5, 5.41) is 12.5. The van der Waals surface area contributed by atoms with Gasteiger partial charge in [-0.15, -0.1) is 0 Å². The summed E-state index contributed by atoms with van der Waals surface area (Å²) < 4.78 is 16.5. The zero-order chi connectivity index (χ0) is 42.6. The normalized spacial score (nSPS) is 11.8. The van der Waals surface area contributed by atoms with Crippen LogP contribution in [0.4, 0.5) is 21.5 Å². The molecule has 302 valence electrons. The molecule has 0 aliphatic carbocycles. The van der Waals surface area contributed by atoms with Crippen LogP contribution in [0.1, 0.15) is 0 Å². The van der Waals surface area contributed by atoms with Crippen molar-refractivity contribution < 1.29 is 4.39 Å². The molecule has 12 rings (SSSR count). The lowest BCUT2D eigenvalue weighted by Crippen LogP contribution is -2.74. The van der Waals surface area contributed by atoms with E-state index in [0.717, 1.165) is 44.7 Å². The Balaban J connectivity index is 1.00. The fraction of sp³-hybridized carbons (Fsp3) is 0. The molecule has 0 spiro atoms. The minimum Gasteiger partial charge on any atom is -0.309 e. The Kier molecular flexibility index (Phi) is 9.06. The highest BCUT2D eigenvalue weighted by molar-refractivity contribution is 7.19. The Hall–Kier alpha value is -8.05. The monoisotopic (exact) mass is 836 g/mol. The van der Waals surface area contributed by atoms with Gasteiger partial charge in [0.1, 0.15) is 5.82 Å². The minimum atomic E-state index is -2.64. The van der Waals surface area contributed by atoms with Crippen LogP contribution < -0.4 is 25.6 Å². The van der Waals surface area contributed by atoms with E-state index in [1.165, 1.54) is 53.2 Å². The second-order valence-electron chi connectivity index (χ2n) is 16.6. The van der Waals surface area contributed by atoms with E-state index in [9.17, 15) is 4.39 Å². The van der Waals surface area contributed by atoms with Gasteiger partial charge in [0.2, 0.25) is 0 Å². The van der Waals surface area contributed by atoms with E-state index in [2.05, 4.69) is 234 Å². The topological polar surface area (TPSA) is 8.17 Å². The number of nitrogens with zero attached hydrogens (tertiary/aromatic N) is 2. The highest BCUT2D eigenvalue weighted by atomic mass is 28.3. The van der Waals surface area contributed by atoms with Crippen LogP contribution >= 0.6 is 0 Å². The first-order chi connectivity index (χ1) is 31.7. The third-order valence-electron chi connectivity index (χ3n) is 13.2. The van der Waals surface area contributed by atoms with Gasteiger partial charge in [0.15, 0.2) is 8.07 Å². The predicted octanol–water partition coefficient (Wildman–Crippen LogP) is 13.2. The molecule has 1 heterocycles. The first kappa shape index (κ1) is 37.7. The Labute approximate surface area is 372 Å². The van der Waals surface area contributed by atoms with Gasteiger partial charge in [-0.1, -0.05) is 188 Å². The number of hydrogen-bond donors (Lipinski definition) is 0. The third kappa shape index (κ3) is 5.99. The van der Waals surface area contributed by atoms with Crippen molar-refractivity contribution in [1.29, 1.82) is 0 Å². The molecule has 4 heteroatoms. The molecule has 1 aromatic heterocycles. The zero-order valence-corrected chi connectivity index (χ0v) is 35.9. The van der Waals surface area contributed by atoms with Crippen molar-refractivity contribution in [2.24, 2.45) is 0 Å². The first-order valence-electron chi connectivity index (χ1n) is 21.9. The van der Waals surface area contributed by atoms with E-state index < -0.39 is 8.07 Å². The van der Waals surface area contributed by atoms with Crippen molar-refractivity contribution in [1.82, 2.24) is 4.57 Å². The molecule has 0 atom stereocenters. The van der Waals surface area contributed by atoms with Crippen LogP contribution in [0.3, 0.4) is 0 Å². The van der Waals surface area contributed by atoms with Crippen molar-refractivity contribution in [2.75, 3.05) is 4.90 Å². The SMILES string of the molecule is Fc1ccc(-n2c3cccc4ccc5c(N(c6ccc(-c7ccc([Si](c8ccccc8)(c8ccccc8)c8ccccc8)cc7)cc6)c6cccc7ccccc67)ccc2c5c43)cc1. The second kappa shape index (κ2) is 15.4. The number of fused-ring (bicyclic) bond motifs is 1. The molecule has 0 aliphatic heterocycles. The largest absolute Gasteiger partial charge is 0.309 e. The van der Waals surface area contributed by atoms with Gasteiger partial charge in [-0.25, -0.2) is 4.39 Å². The van der Waals surface area contributed by atoms with Gasteiger partial charge in [-0.2, -0.15) is 0 Å². The Morgan fingerprint density at radius 2 is 0.859 bits per heavy atom. The molecule has 0 radical (unpaired) electrons. The lowest BCUT2D eigenvalue weighted by atomic mass is 9.99. The van der Waals surface area contributed by atoms with E-state index in [4.69, 9.17) is 0 Å². The molecule has 0 unspecified atom stereocenters. The maximum absolute atomic E-state index is 14.2. The molecule has 0 N–H and O–H groups in total. The van der Waals surface area contributed by atoms with E-state index in [0.29, 0.717) is 0 Å². The summed E-state index contributed by atoms with van der Waals surface area (Å²) in [5.41, 5.74) is 8.72. The lowest BCUT2D eigenvalue weighted by molar-refractivity contribution is 0.627. The fourth-order valence-corrected chi connectivity index (χ4v) is 15.1. The zero-order valence-electron chi connectivity index (χ0n) is 34.9. The lowest BCUT2D eigenvalue weighted by Gasteiger charge is -2.34. The van der Waals surface area contributed by atoms with Gasteiger partial charge in [0.25, 0.3) is 0 Å². The quantitative estimate of drug-likeness (QED) is 0.0799. The number of hydrogen-bond acceptors (Lipinski definition) is 1. The number of rotatable bonds is 9. The molecule has 11 aromatic carbocycles. The summed E-state index contributed by atoms with van der Waals surface area (Å²) in [7, 11) is -2.64. The van der Waals surface area contributed by atoms with Crippen molar-refractivity contribution in [2.45, 2.75) is 0 Å². The van der Waals surface area contributed by atoms with E-state index in [-0.39, 0.29) is 5.82 Å². The van der Waals surface area contributed by atoms with Crippen LogP contribution in [0.25, 0.3) is 60.2 Å². The fourth-order valence-electron chi connectivity index (χ4n) is 10.3. The summed E-state index contributed by atoms with van der Waals surface area (Å²) >= 11 is 0. The second-order valence-corrected chi connectivity index (χ2v) is 20.4. The van der Waals surface area contributed by atoms with Gasteiger partial charge < -0.3 is 9.47 Å². The Morgan fingerprint density at radius 1 is 0.344 bits per heavy atom. The van der Waals surface area contributed by atoms with Crippen LogP contribution in [0.5, 0.6) is 0 Å². The van der Waals surface area contributed by atoms with Gasteiger partial charge in [0.05, 0.1) is 22.4 Å². The van der Waals surface area contributed by atoms with Gasteiger partial charge in [-0.05, 0) is 103 Å². The Morgan fingerprint density at radius 3 is 1.52 bits per heavy atom. The highest BCUT2D eigenvalue weighted by Crippen LogP contribution is 2.47. The van der Waals surface area contributed by atoms with E-state index in [1.54, 1.807) is 12.1 Å². The summed E-state index contributed by atoms with van der Waals surface area (Å²) in [6.45, 7) is 0. The summed E-state index contributed by atoms with van der Waals surface area (Å²) in [5.74, 6) is -0.245. The maximum atomic E-state index is 14.2. The molecule has 0 fully saturated rings. The molecular formula is C60H41FN2Si. The molecular weight excluding hydrogens is 796 g/mol. The minimum absolute atomic E-state index is 0.245. The van der Waals surface area contributed by atoms with Crippen LogP contribution in [-0.4, -0.2) is 12.6 Å². The van der Waals surface area contributed by atoms with Gasteiger partial charge in [-0.3, -0.25) is 0 Å². The smallest absolute Gasteiger partial charge is 0.179 e. The number of anilines is 3. The summed E-state index contributed by atoms with van der Waals surface area (Å²) in [6, 6.07) is 89.1. The van der Waals surface area contributed by atoms with Crippen LogP contribution in [-0.2, 0) is 0 Å². The standard InChI is InChI=1S/C60H41FN2Si/c61-46-31-35-48(36-32-46)63-57-25-13-16-45-30-39-54-56(40-41-58(63)60(54)59(45)57)62(55-24-12-15-44-14-10-11-23-53(44)55)47-33-26-42(27-34-47)43-28-37-52(38-29-43)64(49-17-4-1-5-18-49,50-19-6-2-7-20-50)51-21-8-3-9-22-51/h1-41H. The van der Waals surface area contributed by atoms with Crippen molar-refractivity contribution >= 4 is 89.2 Å². The number of halogens is 1. The number of aromatic nitrogens is 1. The van der Waals surface area contributed by atoms with Crippen LogP contribution in [0, 0.1) is 5.82 Å². The average molecular weight is 837 g/mol. The van der Waals surface area contributed by atoms with E-state index >= 15 is 0 Å². The predicted molar refractivity (Wildman–Crippen MR) is 271 cm³/mol. The van der Waals surface area contributed by atoms with Crippen molar-refractivity contribution in [3.63, 3.8) is 0 Å². The first-order valence-corrected chi connectivity index (χ1v) is 23.9. The van der Waals surface area contributed by atoms with Gasteiger partial charge >= 0.3 is 0 Å². The molecule has 2 nitrogen and oxygen atoms in total. The third-order valence-corrected chi connectivity index (χ3v) is 18.0. The van der Waals surface area contributed by atoms with E-state index in [1.807, 2.05) is 12.1 Å². The maximum Gasteiger partial charge on any atom is 0.179 e. The number of benzene rings is 11. The molecule has 0 saturated carbocycles. The van der Waals surface area contributed by atoms with Crippen molar-refractivity contribution in [3.8, 4) is 16.8 Å².